The molecule has 0 bridgehead atoms. The van der Waals surface area contributed by atoms with E-state index in [4.69, 9.17) is 11.6 Å². The SMILES string of the molecule is Cn1cccc1CN(C(=O)CN(C(=O)Nc1ccc(Cl)cc1)C1CCCCC1)C1CC1. The number of urea groups is 1. The Morgan fingerprint density at radius 2 is 1.68 bits per heavy atom. The zero-order valence-electron chi connectivity index (χ0n) is 18.1. The summed E-state index contributed by atoms with van der Waals surface area (Å²) in [5.41, 5.74) is 1.79. The van der Waals surface area contributed by atoms with E-state index in [-0.39, 0.29) is 30.6 Å². The fourth-order valence-electron chi connectivity index (χ4n) is 4.37. The molecule has 0 unspecified atom stereocenters. The summed E-state index contributed by atoms with van der Waals surface area (Å²) in [4.78, 5) is 30.3. The average Bonchev–Trinajstić information content (AvgIpc) is 3.54. The lowest BCUT2D eigenvalue weighted by atomic mass is 9.94. The van der Waals surface area contributed by atoms with Crippen LogP contribution in [0.25, 0.3) is 0 Å². The lowest BCUT2D eigenvalue weighted by Crippen LogP contribution is -2.50. The van der Waals surface area contributed by atoms with Crippen LogP contribution in [0.3, 0.4) is 0 Å². The molecule has 1 N–H and O–H groups in total. The molecule has 0 aliphatic heterocycles. The Bertz CT molecular complexity index is 901. The second kappa shape index (κ2) is 9.77. The topological polar surface area (TPSA) is 57.6 Å². The maximum absolute atomic E-state index is 13.4. The van der Waals surface area contributed by atoms with Gasteiger partial charge in [0.05, 0.1) is 6.54 Å². The molecule has 6 nitrogen and oxygen atoms in total. The summed E-state index contributed by atoms with van der Waals surface area (Å²) in [5, 5.41) is 3.59. The third-order valence-electron chi connectivity index (χ3n) is 6.37. The van der Waals surface area contributed by atoms with E-state index in [2.05, 4.69) is 16.0 Å². The minimum absolute atomic E-state index is 0.0283. The number of carbonyl (C=O) groups is 2. The highest BCUT2D eigenvalue weighted by atomic mass is 35.5. The maximum atomic E-state index is 13.4. The first-order chi connectivity index (χ1) is 15.0. The van der Waals surface area contributed by atoms with E-state index in [1.165, 1.54) is 6.42 Å². The number of anilines is 1. The molecule has 2 saturated carbocycles. The van der Waals surface area contributed by atoms with Gasteiger partial charge in [0, 0.05) is 41.7 Å². The predicted octanol–water partition coefficient (Wildman–Crippen LogP) is 5.04. The van der Waals surface area contributed by atoms with E-state index in [9.17, 15) is 9.59 Å². The second-order valence-electron chi connectivity index (χ2n) is 8.72. The van der Waals surface area contributed by atoms with Gasteiger partial charge in [-0.05, 0) is 62.1 Å². The largest absolute Gasteiger partial charge is 0.353 e. The molecule has 2 aliphatic carbocycles. The van der Waals surface area contributed by atoms with Crippen LogP contribution in [0.15, 0.2) is 42.6 Å². The molecular formula is C24H31ClN4O2. The molecule has 2 fully saturated rings. The number of halogens is 1. The number of nitrogens with one attached hydrogen (secondary N) is 1. The molecular weight excluding hydrogens is 412 g/mol. The minimum Gasteiger partial charge on any atom is -0.353 e. The van der Waals surface area contributed by atoms with E-state index in [1.54, 1.807) is 29.2 Å². The number of aryl methyl sites for hydroxylation is 1. The third kappa shape index (κ3) is 5.62. The molecule has 4 rings (SSSR count). The number of nitrogens with zero attached hydrogens (tertiary/aromatic N) is 3. The molecule has 2 aromatic rings. The predicted molar refractivity (Wildman–Crippen MR) is 123 cm³/mol. The van der Waals surface area contributed by atoms with Crippen LogP contribution in [0.4, 0.5) is 10.5 Å². The monoisotopic (exact) mass is 442 g/mol. The van der Waals surface area contributed by atoms with Gasteiger partial charge in [-0.2, -0.15) is 0 Å². The molecule has 166 valence electrons. The lowest BCUT2D eigenvalue weighted by molar-refractivity contribution is -0.133. The number of aromatic nitrogens is 1. The first-order valence-corrected chi connectivity index (χ1v) is 11.6. The van der Waals surface area contributed by atoms with Crippen molar-refractivity contribution >= 4 is 29.2 Å². The molecule has 0 saturated heterocycles. The number of hydrogen-bond acceptors (Lipinski definition) is 2. The molecule has 0 radical (unpaired) electrons. The van der Waals surface area contributed by atoms with Gasteiger partial charge in [0.2, 0.25) is 5.91 Å². The van der Waals surface area contributed by atoms with Crippen LogP contribution in [0.5, 0.6) is 0 Å². The van der Waals surface area contributed by atoms with Crippen LogP contribution in [0.2, 0.25) is 5.02 Å². The lowest BCUT2D eigenvalue weighted by Gasteiger charge is -2.35. The number of benzene rings is 1. The summed E-state index contributed by atoms with van der Waals surface area (Å²) in [7, 11) is 2.00. The van der Waals surface area contributed by atoms with Crippen molar-refractivity contribution in [3.63, 3.8) is 0 Å². The van der Waals surface area contributed by atoms with Gasteiger partial charge in [0.1, 0.15) is 6.54 Å². The third-order valence-corrected chi connectivity index (χ3v) is 6.62. The molecule has 1 aromatic carbocycles. The Balaban J connectivity index is 1.48. The van der Waals surface area contributed by atoms with Crippen molar-refractivity contribution in [2.75, 3.05) is 11.9 Å². The Hall–Kier alpha value is -2.47. The Morgan fingerprint density at radius 1 is 1.00 bits per heavy atom. The fourth-order valence-corrected chi connectivity index (χ4v) is 4.49. The van der Waals surface area contributed by atoms with Crippen LogP contribution < -0.4 is 5.32 Å². The van der Waals surface area contributed by atoms with Crippen molar-refractivity contribution < 1.29 is 9.59 Å². The van der Waals surface area contributed by atoms with Crippen molar-refractivity contribution in [1.82, 2.24) is 14.4 Å². The maximum Gasteiger partial charge on any atom is 0.322 e. The van der Waals surface area contributed by atoms with Crippen molar-refractivity contribution in [2.24, 2.45) is 7.05 Å². The van der Waals surface area contributed by atoms with Crippen molar-refractivity contribution in [1.29, 1.82) is 0 Å². The minimum atomic E-state index is -0.211. The van der Waals surface area contributed by atoms with E-state index >= 15 is 0 Å². The van der Waals surface area contributed by atoms with Crippen molar-refractivity contribution in [3.8, 4) is 0 Å². The van der Waals surface area contributed by atoms with Crippen LogP contribution >= 0.6 is 11.6 Å². The molecule has 7 heteroatoms. The number of rotatable bonds is 7. The van der Waals surface area contributed by atoms with Gasteiger partial charge in [-0.25, -0.2) is 4.79 Å². The van der Waals surface area contributed by atoms with Gasteiger partial charge in [-0.3, -0.25) is 4.79 Å². The normalized spacial score (nSPS) is 16.7. The van der Waals surface area contributed by atoms with E-state index in [0.29, 0.717) is 17.3 Å². The zero-order valence-corrected chi connectivity index (χ0v) is 18.9. The van der Waals surface area contributed by atoms with Gasteiger partial charge in [-0.15, -0.1) is 0 Å². The molecule has 1 aromatic heterocycles. The number of amides is 3. The summed E-state index contributed by atoms with van der Waals surface area (Å²) < 4.78 is 2.05. The second-order valence-corrected chi connectivity index (χ2v) is 9.16. The molecule has 0 spiro atoms. The van der Waals surface area contributed by atoms with E-state index < -0.39 is 0 Å². The number of hydrogen-bond donors (Lipinski definition) is 1. The van der Waals surface area contributed by atoms with Gasteiger partial charge in [-0.1, -0.05) is 30.9 Å². The van der Waals surface area contributed by atoms with Crippen LogP contribution in [-0.4, -0.2) is 44.9 Å². The van der Waals surface area contributed by atoms with Crippen molar-refractivity contribution in [2.45, 2.75) is 63.6 Å². The van der Waals surface area contributed by atoms with Gasteiger partial charge < -0.3 is 19.7 Å². The van der Waals surface area contributed by atoms with Gasteiger partial charge >= 0.3 is 6.03 Å². The number of carbonyl (C=O) groups excluding carboxylic acids is 2. The molecule has 1 heterocycles. The Kier molecular flexibility index (Phi) is 6.86. The average molecular weight is 443 g/mol. The smallest absolute Gasteiger partial charge is 0.322 e. The summed E-state index contributed by atoms with van der Waals surface area (Å²) in [5.74, 6) is 0.0283. The summed E-state index contributed by atoms with van der Waals surface area (Å²) in [6, 6.07) is 11.3. The van der Waals surface area contributed by atoms with E-state index in [1.807, 2.05) is 24.2 Å². The Labute approximate surface area is 189 Å². The Morgan fingerprint density at radius 3 is 2.29 bits per heavy atom. The summed E-state index contributed by atoms with van der Waals surface area (Å²) in [6.45, 7) is 0.704. The standard InChI is InChI=1S/C24H31ClN4O2/c1-27-15-5-8-22(27)16-28(21-13-14-21)23(30)17-29(20-6-3-2-4-7-20)24(31)26-19-11-9-18(25)10-12-19/h5,8-12,15,20-21H,2-4,6-7,13-14,16-17H2,1H3,(H,26,31). The molecule has 0 atom stereocenters. The first kappa shape index (κ1) is 21.8. The quantitative estimate of drug-likeness (QED) is 0.653. The highest BCUT2D eigenvalue weighted by molar-refractivity contribution is 6.30. The fraction of sp³-hybridized carbons (Fsp3) is 0.500. The van der Waals surface area contributed by atoms with Crippen LogP contribution in [-0.2, 0) is 18.4 Å². The van der Waals surface area contributed by atoms with Crippen LogP contribution in [0.1, 0.15) is 50.6 Å². The summed E-state index contributed by atoms with van der Waals surface area (Å²) >= 11 is 5.97. The molecule has 31 heavy (non-hydrogen) atoms. The van der Waals surface area contributed by atoms with Crippen LogP contribution in [0, 0.1) is 0 Å². The van der Waals surface area contributed by atoms with Gasteiger partial charge in [0.15, 0.2) is 0 Å². The highest BCUT2D eigenvalue weighted by Gasteiger charge is 2.35. The molecule has 3 amide bonds. The van der Waals surface area contributed by atoms with E-state index in [0.717, 1.165) is 44.2 Å². The van der Waals surface area contributed by atoms with Crippen molar-refractivity contribution in [3.05, 3.63) is 53.3 Å². The molecule has 2 aliphatic rings. The first-order valence-electron chi connectivity index (χ1n) is 11.2. The summed E-state index contributed by atoms with van der Waals surface area (Å²) in [6.07, 6.45) is 9.36. The van der Waals surface area contributed by atoms with Gasteiger partial charge in [0.25, 0.3) is 0 Å². The highest BCUT2D eigenvalue weighted by Crippen LogP contribution is 2.30. The zero-order chi connectivity index (χ0) is 21.8.